The Balaban J connectivity index is 2.57. The molecular weight excluding hydrogens is 218 g/mol. The number of hydrogen-bond acceptors (Lipinski definition) is 4. The molecule has 1 heterocycles. The van der Waals surface area contributed by atoms with Crippen molar-refractivity contribution in [1.29, 1.82) is 0 Å². The third kappa shape index (κ3) is 4.14. The molecule has 2 N–H and O–H groups in total. The fourth-order valence-corrected chi connectivity index (χ4v) is 1.52. The summed E-state index contributed by atoms with van der Waals surface area (Å²) < 4.78 is 0. The molecular formula is C11H21N5O. The van der Waals surface area contributed by atoms with Crippen LogP contribution in [-0.4, -0.2) is 52.7 Å². The zero-order chi connectivity index (χ0) is 13.0. The summed E-state index contributed by atoms with van der Waals surface area (Å²) >= 11 is 0. The Morgan fingerprint density at radius 3 is 2.53 bits per heavy atom. The predicted molar refractivity (Wildman–Crippen MR) is 66.0 cm³/mol. The van der Waals surface area contributed by atoms with Gasteiger partial charge in [0.15, 0.2) is 0 Å². The lowest BCUT2D eigenvalue weighted by Gasteiger charge is -2.17. The highest BCUT2D eigenvalue weighted by molar-refractivity contribution is 5.90. The minimum atomic E-state index is -0.234. The number of amides is 1. The van der Waals surface area contributed by atoms with Gasteiger partial charge in [-0.25, -0.2) is 4.98 Å². The molecule has 0 aliphatic rings. The molecule has 0 spiro atoms. The zero-order valence-electron chi connectivity index (χ0n) is 11.1. The molecule has 1 amide bonds. The van der Waals surface area contributed by atoms with Gasteiger partial charge < -0.3 is 10.2 Å². The lowest BCUT2D eigenvalue weighted by atomic mass is 10.2. The Morgan fingerprint density at radius 1 is 1.41 bits per heavy atom. The van der Waals surface area contributed by atoms with Crippen LogP contribution in [0, 0.1) is 0 Å². The van der Waals surface area contributed by atoms with Gasteiger partial charge >= 0.3 is 0 Å². The minimum Gasteiger partial charge on any atom is -0.346 e. The first-order chi connectivity index (χ1) is 7.90. The van der Waals surface area contributed by atoms with Crippen molar-refractivity contribution in [2.45, 2.75) is 32.7 Å². The van der Waals surface area contributed by atoms with Crippen LogP contribution < -0.4 is 5.32 Å². The first-order valence-electron chi connectivity index (χ1n) is 5.78. The van der Waals surface area contributed by atoms with Gasteiger partial charge in [0.25, 0.3) is 5.91 Å². The standard InChI is InChI=1S/C11H21N5O/c1-7(2)9-13-10(15-14-9)11(17)12-8(3)6-16(4)5/h7-8H,6H2,1-5H3,(H,12,17)(H,13,14,15). The van der Waals surface area contributed by atoms with E-state index >= 15 is 0 Å². The molecule has 6 heteroatoms. The fourth-order valence-electron chi connectivity index (χ4n) is 1.52. The van der Waals surface area contributed by atoms with E-state index in [1.54, 1.807) is 0 Å². The normalized spacial score (nSPS) is 13.1. The molecule has 1 atom stereocenters. The Hall–Kier alpha value is -1.43. The second-order valence-electron chi connectivity index (χ2n) is 4.84. The van der Waals surface area contributed by atoms with Crippen molar-refractivity contribution >= 4 is 5.91 Å². The van der Waals surface area contributed by atoms with Crippen LogP contribution in [0.3, 0.4) is 0 Å². The van der Waals surface area contributed by atoms with Crippen molar-refractivity contribution in [3.63, 3.8) is 0 Å². The average molecular weight is 239 g/mol. The smallest absolute Gasteiger partial charge is 0.291 e. The fraction of sp³-hybridized carbons (Fsp3) is 0.727. The first-order valence-corrected chi connectivity index (χ1v) is 5.78. The summed E-state index contributed by atoms with van der Waals surface area (Å²) in [5.74, 6) is 0.945. The number of nitrogens with one attached hydrogen (secondary N) is 2. The van der Waals surface area contributed by atoms with E-state index in [-0.39, 0.29) is 23.7 Å². The summed E-state index contributed by atoms with van der Waals surface area (Å²) in [6.07, 6.45) is 0. The first kappa shape index (κ1) is 13.6. The monoisotopic (exact) mass is 239 g/mol. The largest absolute Gasteiger partial charge is 0.346 e. The van der Waals surface area contributed by atoms with Gasteiger partial charge in [0.2, 0.25) is 5.82 Å². The molecule has 0 bridgehead atoms. The Kier molecular flexibility index (Phi) is 4.62. The molecule has 1 aromatic heterocycles. The summed E-state index contributed by atoms with van der Waals surface area (Å²) in [5, 5.41) is 9.53. The third-order valence-corrected chi connectivity index (χ3v) is 2.27. The highest BCUT2D eigenvalue weighted by atomic mass is 16.2. The van der Waals surface area contributed by atoms with Crippen molar-refractivity contribution in [2.75, 3.05) is 20.6 Å². The summed E-state index contributed by atoms with van der Waals surface area (Å²) in [5.41, 5.74) is 0. The van der Waals surface area contributed by atoms with E-state index in [2.05, 4.69) is 20.5 Å². The quantitative estimate of drug-likeness (QED) is 0.789. The maximum atomic E-state index is 11.8. The molecule has 0 aromatic carbocycles. The Morgan fingerprint density at radius 2 is 2.06 bits per heavy atom. The predicted octanol–water partition coefficient (Wildman–Crippen LogP) is 0.608. The number of aromatic nitrogens is 3. The minimum absolute atomic E-state index is 0.0681. The summed E-state index contributed by atoms with van der Waals surface area (Å²) in [6, 6.07) is 0.0681. The molecule has 6 nitrogen and oxygen atoms in total. The van der Waals surface area contributed by atoms with Gasteiger partial charge in [-0.05, 0) is 21.0 Å². The van der Waals surface area contributed by atoms with Crippen molar-refractivity contribution in [3.8, 4) is 0 Å². The number of nitrogens with zero attached hydrogens (tertiary/aromatic N) is 3. The lowest BCUT2D eigenvalue weighted by molar-refractivity contribution is 0.0924. The molecule has 0 saturated heterocycles. The molecule has 96 valence electrons. The van der Waals surface area contributed by atoms with Gasteiger partial charge in [-0.1, -0.05) is 13.8 Å². The van der Waals surface area contributed by atoms with Crippen molar-refractivity contribution in [2.24, 2.45) is 0 Å². The molecule has 17 heavy (non-hydrogen) atoms. The maximum absolute atomic E-state index is 11.8. The SMILES string of the molecule is CC(CN(C)C)NC(=O)c1n[nH]c(C(C)C)n1. The molecule has 0 aliphatic carbocycles. The van der Waals surface area contributed by atoms with Gasteiger partial charge in [-0.3, -0.25) is 9.89 Å². The number of aromatic amines is 1. The van der Waals surface area contributed by atoms with Crippen molar-refractivity contribution in [3.05, 3.63) is 11.6 Å². The molecule has 0 saturated carbocycles. The number of likely N-dealkylation sites (N-methyl/N-ethyl adjacent to an activating group) is 1. The van der Waals surface area contributed by atoms with Crippen LogP contribution >= 0.6 is 0 Å². The van der Waals surface area contributed by atoms with Gasteiger partial charge in [0.05, 0.1) is 0 Å². The van der Waals surface area contributed by atoms with E-state index in [1.165, 1.54) is 0 Å². The highest BCUT2D eigenvalue weighted by Gasteiger charge is 2.16. The molecule has 0 radical (unpaired) electrons. The molecule has 0 aliphatic heterocycles. The Bertz CT molecular complexity index is 372. The van der Waals surface area contributed by atoms with E-state index in [1.807, 2.05) is 39.8 Å². The molecule has 0 fully saturated rings. The van der Waals surface area contributed by atoms with Crippen LogP contribution in [0.4, 0.5) is 0 Å². The second kappa shape index (κ2) is 5.77. The molecule has 1 unspecified atom stereocenters. The van der Waals surface area contributed by atoms with Crippen LogP contribution in [0.25, 0.3) is 0 Å². The summed E-state index contributed by atoms with van der Waals surface area (Å²) in [4.78, 5) is 18.0. The van der Waals surface area contributed by atoms with E-state index in [0.717, 1.165) is 12.4 Å². The third-order valence-electron chi connectivity index (χ3n) is 2.27. The van der Waals surface area contributed by atoms with Crippen molar-refractivity contribution < 1.29 is 4.79 Å². The van der Waals surface area contributed by atoms with Gasteiger partial charge in [-0.2, -0.15) is 0 Å². The number of hydrogen-bond donors (Lipinski definition) is 2. The number of carbonyl (C=O) groups excluding carboxylic acids is 1. The zero-order valence-corrected chi connectivity index (χ0v) is 11.1. The summed E-state index contributed by atoms with van der Waals surface area (Å²) in [6.45, 7) is 6.73. The molecule has 1 rings (SSSR count). The number of rotatable bonds is 5. The van der Waals surface area contributed by atoms with Gasteiger partial charge in [-0.15, -0.1) is 5.10 Å². The number of carbonyl (C=O) groups is 1. The van der Waals surface area contributed by atoms with Crippen LogP contribution in [0.5, 0.6) is 0 Å². The van der Waals surface area contributed by atoms with Gasteiger partial charge in [0.1, 0.15) is 5.82 Å². The van der Waals surface area contributed by atoms with Gasteiger partial charge in [0, 0.05) is 18.5 Å². The molecule has 1 aromatic rings. The number of H-pyrrole nitrogens is 1. The topological polar surface area (TPSA) is 73.9 Å². The average Bonchev–Trinajstić information content (AvgIpc) is 2.64. The lowest BCUT2D eigenvalue weighted by Crippen LogP contribution is -2.39. The maximum Gasteiger partial charge on any atom is 0.291 e. The van der Waals surface area contributed by atoms with E-state index < -0.39 is 0 Å². The summed E-state index contributed by atoms with van der Waals surface area (Å²) in [7, 11) is 3.93. The van der Waals surface area contributed by atoms with Crippen molar-refractivity contribution in [1.82, 2.24) is 25.4 Å². The van der Waals surface area contributed by atoms with Crippen LogP contribution in [0.2, 0.25) is 0 Å². The second-order valence-corrected chi connectivity index (χ2v) is 4.84. The Labute approximate surface area is 102 Å². The van der Waals surface area contributed by atoms with Crippen LogP contribution in [0.15, 0.2) is 0 Å². The van der Waals surface area contributed by atoms with Crippen LogP contribution in [-0.2, 0) is 0 Å². The van der Waals surface area contributed by atoms with Crippen LogP contribution in [0.1, 0.15) is 43.1 Å². The van der Waals surface area contributed by atoms with E-state index in [4.69, 9.17) is 0 Å². The highest BCUT2D eigenvalue weighted by Crippen LogP contribution is 2.07. The van der Waals surface area contributed by atoms with E-state index in [9.17, 15) is 4.79 Å². The van der Waals surface area contributed by atoms with E-state index in [0.29, 0.717) is 0 Å².